The molecule has 2 aromatic carbocycles. The molecule has 0 radical (unpaired) electrons. The maximum atomic E-state index is 13.5. The number of nitro benzene ring substituents is 1. The third kappa shape index (κ3) is 7.56. The van der Waals surface area contributed by atoms with Crippen LogP contribution in [-0.4, -0.2) is 74.1 Å². The molecule has 1 aromatic heterocycles. The van der Waals surface area contributed by atoms with Crippen LogP contribution in [0, 0.1) is 10.1 Å². The largest absolute Gasteiger partial charge is 0.493 e. The summed E-state index contributed by atoms with van der Waals surface area (Å²) < 4.78 is 21.3. The van der Waals surface area contributed by atoms with Crippen molar-refractivity contribution in [2.45, 2.75) is 13.0 Å². The van der Waals surface area contributed by atoms with Crippen LogP contribution in [0.1, 0.15) is 21.7 Å². The van der Waals surface area contributed by atoms with E-state index in [2.05, 4.69) is 0 Å². The molecule has 0 N–H and O–H groups in total. The summed E-state index contributed by atoms with van der Waals surface area (Å²) in [6.07, 6.45) is 2.07. The zero-order chi connectivity index (χ0) is 27.5. The van der Waals surface area contributed by atoms with Crippen LogP contribution >= 0.6 is 0 Å². The first-order chi connectivity index (χ1) is 18.4. The van der Waals surface area contributed by atoms with Gasteiger partial charge in [0, 0.05) is 37.9 Å². The van der Waals surface area contributed by atoms with Crippen molar-refractivity contribution < 1.29 is 33.1 Å². The number of nitrogens with zero attached hydrogens (tertiary/aromatic N) is 3. The van der Waals surface area contributed by atoms with Crippen molar-refractivity contribution in [1.29, 1.82) is 0 Å². The van der Waals surface area contributed by atoms with Crippen LogP contribution in [0.25, 0.3) is 0 Å². The van der Waals surface area contributed by atoms with E-state index >= 15 is 0 Å². The minimum Gasteiger partial charge on any atom is -0.493 e. The molecule has 11 nitrogen and oxygen atoms in total. The van der Waals surface area contributed by atoms with E-state index in [1.54, 1.807) is 31.3 Å². The third-order valence-electron chi connectivity index (χ3n) is 5.90. The predicted octanol–water partition coefficient (Wildman–Crippen LogP) is 3.57. The Morgan fingerprint density at radius 1 is 0.947 bits per heavy atom. The first-order valence-electron chi connectivity index (χ1n) is 11.9. The normalized spacial score (nSPS) is 10.6. The number of hydrogen-bond donors (Lipinski definition) is 0. The molecule has 1 heterocycles. The lowest BCUT2D eigenvalue weighted by molar-refractivity contribution is -0.384. The van der Waals surface area contributed by atoms with E-state index in [0.717, 1.165) is 5.56 Å². The number of non-ortho nitro benzene ring substituents is 1. The Labute approximate surface area is 220 Å². The molecule has 11 heteroatoms. The van der Waals surface area contributed by atoms with Crippen molar-refractivity contribution in [3.8, 4) is 11.5 Å². The van der Waals surface area contributed by atoms with Gasteiger partial charge in [-0.05, 0) is 48.4 Å². The molecule has 202 valence electrons. The van der Waals surface area contributed by atoms with Gasteiger partial charge in [-0.2, -0.15) is 0 Å². The molecule has 3 aromatic rings. The minimum absolute atomic E-state index is 0.124. The van der Waals surface area contributed by atoms with Crippen LogP contribution < -0.4 is 9.47 Å². The molecule has 0 bridgehead atoms. The molecular weight excluding hydrogens is 494 g/mol. The van der Waals surface area contributed by atoms with Gasteiger partial charge < -0.3 is 28.4 Å². The Hall–Kier alpha value is -4.38. The number of hydrogen-bond acceptors (Lipinski definition) is 8. The molecule has 0 aliphatic rings. The van der Waals surface area contributed by atoms with Crippen LogP contribution in [0.3, 0.4) is 0 Å². The average molecular weight is 526 g/mol. The van der Waals surface area contributed by atoms with E-state index in [1.807, 2.05) is 18.2 Å². The standard InChI is InChI=1S/C27H31N3O8/c1-35-16-14-29(27(32)21-7-9-22(10-8-21)30(33)34)19-26(31)28(18-23-5-4-15-38-23)13-12-20-6-11-24(36-2)25(17-20)37-3/h4-11,15,17H,12-14,16,18-19H2,1-3H3. The van der Waals surface area contributed by atoms with Crippen molar-refractivity contribution in [3.63, 3.8) is 0 Å². The summed E-state index contributed by atoms with van der Waals surface area (Å²) >= 11 is 0. The van der Waals surface area contributed by atoms with Gasteiger partial charge in [0.15, 0.2) is 11.5 Å². The van der Waals surface area contributed by atoms with Gasteiger partial charge in [-0.15, -0.1) is 0 Å². The SMILES string of the molecule is COCCN(CC(=O)N(CCc1ccc(OC)c(OC)c1)Cc1ccco1)C(=O)c1ccc([N+](=O)[O-])cc1. The fraction of sp³-hybridized carbons (Fsp3) is 0.333. The highest BCUT2D eigenvalue weighted by molar-refractivity contribution is 5.96. The van der Waals surface area contributed by atoms with E-state index < -0.39 is 10.8 Å². The number of nitro groups is 1. The molecule has 0 fully saturated rings. The Balaban J connectivity index is 1.77. The van der Waals surface area contributed by atoms with Crippen LogP contribution in [0.4, 0.5) is 5.69 Å². The van der Waals surface area contributed by atoms with E-state index in [-0.39, 0.29) is 43.4 Å². The van der Waals surface area contributed by atoms with Gasteiger partial charge in [-0.1, -0.05) is 6.07 Å². The second-order valence-corrected chi connectivity index (χ2v) is 8.36. The van der Waals surface area contributed by atoms with E-state index in [9.17, 15) is 19.7 Å². The topological polar surface area (TPSA) is 125 Å². The van der Waals surface area contributed by atoms with Gasteiger partial charge in [-0.3, -0.25) is 19.7 Å². The van der Waals surface area contributed by atoms with E-state index in [4.69, 9.17) is 18.6 Å². The van der Waals surface area contributed by atoms with E-state index in [0.29, 0.717) is 30.2 Å². The number of rotatable bonds is 14. The molecule has 3 rings (SSSR count). The number of carbonyl (C=O) groups is 2. The number of amides is 2. The van der Waals surface area contributed by atoms with Crippen molar-refractivity contribution in [1.82, 2.24) is 9.80 Å². The maximum Gasteiger partial charge on any atom is 0.269 e. The predicted molar refractivity (Wildman–Crippen MR) is 138 cm³/mol. The Morgan fingerprint density at radius 2 is 1.68 bits per heavy atom. The summed E-state index contributed by atoms with van der Waals surface area (Å²) in [5.41, 5.74) is 1.06. The van der Waals surface area contributed by atoms with Crippen LogP contribution in [0.15, 0.2) is 65.3 Å². The molecule has 0 unspecified atom stereocenters. The molecule has 0 saturated carbocycles. The second kappa shape index (κ2) is 13.8. The highest BCUT2D eigenvalue weighted by Gasteiger charge is 2.24. The zero-order valence-electron chi connectivity index (χ0n) is 21.6. The van der Waals surface area contributed by atoms with Gasteiger partial charge in [0.05, 0.1) is 38.6 Å². The van der Waals surface area contributed by atoms with Gasteiger partial charge in [0.2, 0.25) is 5.91 Å². The smallest absolute Gasteiger partial charge is 0.269 e. The maximum absolute atomic E-state index is 13.5. The van der Waals surface area contributed by atoms with Crippen LogP contribution in [0.5, 0.6) is 11.5 Å². The molecule has 0 atom stereocenters. The number of furan rings is 1. The molecule has 2 amide bonds. The fourth-order valence-corrected chi connectivity index (χ4v) is 3.81. The summed E-state index contributed by atoms with van der Waals surface area (Å²) in [5.74, 6) is 1.10. The fourth-order valence-electron chi connectivity index (χ4n) is 3.81. The molecule has 0 spiro atoms. The molecule has 0 aliphatic carbocycles. The molecular formula is C27H31N3O8. The summed E-state index contributed by atoms with van der Waals surface area (Å²) in [4.78, 5) is 40.1. The summed E-state index contributed by atoms with van der Waals surface area (Å²) in [5, 5.41) is 11.0. The highest BCUT2D eigenvalue weighted by Crippen LogP contribution is 2.28. The summed E-state index contributed by atoms with van der Waals surface area (Å²) in [6.45, 7) is 0.770. The monoisotopic (exact) mass is 525 g/mol. The van der Waals surface area contributed by atoms with Gasteiger partial charge in [0.1, 0.15) is 12.3 Å². The molecule has 38 heavy (non-hydrogen) atoms. The van der Waals surface area contributed by atoms with Crippen molar-refractivity contribution in [2.75, 3.05) is 47.6 Å². The number of benzene rings is 2. The first kappa shape index (κ1) is 28.2. The molecule has 0 saturated heterocycles. The van der Waals surface area contributed by atoms with Crippen LogP contribution in [0.2, 0.25) is 0 Å². The van der Waals surface area contributed by atoms with Crippen molar-refractivity contribution in [2.24, 2.45) is 0 Å². The highest BCUT2D eigenvalue weighted by atomic mass is 16.6. The first-order valence-corrected chi connectivity index (χ1v) is 11.9. The van der Waals surface area contributed by atoms with Gasteiger partial charge in [0.25, 0.3) is 11.6 Å². The van der Waals surface area contributed by atoms with Crippen molar-refractivity contribution in [3.05, 3.63) is 87.9 Å². The Kier molecular flexibility index (Phi) is 10.2. The lowest BCUT2D eigenvalue weighted by atomic mass is 10.1. The minimum atomic E-state index is -0.536. The Bertz CT molecular complexity index is 1210. The zero-order valence-corrected chi connectivity index (χ0v) is 21.6. The van der Waals surface area contributed by atoms with Crippen LogP contribution in [-0.2, 0) is 22.5 Å². The second-order valence-electron chi connectivity index (χ2n) is 8.36. The quantitative estimate of drug-likeness (QED) is 0.231. The number of ether oxygens (including phenoxy) is 3. The lowest BCUT2D eigenvalue weighted by Gasteiger charge is -2.27. The Morgan fingerprint density at radius 3 is 2.29 bits per heavy atom. The average Bonchev–Trinajstić information content (AvgIpc) is 3.45. The summed E-state index contributed by atoms with van der Waals surface area (Å²) in [6, 6.07) is 14.4. The number of carbonyl (C=O) groups excluding carboxylic acids is 2. The third-order valence-corrected chi connectivity index (χ3v) is 5.90. The van der Waals surface area contributed by atoms with E-state index in [1.165, 1.54) is 42.5 Å². The molecule has 0 aliphatic heterocycles. The number of methoxy groups -OCH3 is 3. The van der Waals surface area contributed by atoms with Gasteiger partial charge >= 0.3 is 0 Å². The van der Waals surface area contributed by atoms with Gasteiger partial charge in [-0.25, -0.2) is 0 Å². The van der Waals surface area contributed by atoms with Crippen molar-refractivity contribution >= 4 is 17.5 Å². The summed E-state index contributed by atoms with van der Waals surface area (Å²) in [7, 11) is 4.63. The lowest BCUT2D eigenvalue weighted by Crippen LogP contribution is -2.44.